The fourth-order valence-electron chi connectivity index (χ4n) is 1.89. The second-order valence-corrected chi connectivity index (χ2v) is 6.24. The van der Waals surface area contributed by atoms with E-state index in [0.717, 1.165) is 15.2 Å². The van der Waals surface area contributed by atoms with E-state index in [1.807, 2.05) is 11.4 Å². The molecule has 0 radical (unpaired) electrons. The second-order valence-electron chi connectivity index (χ2n) is 4.24. The Bertz CT molecular complexity index is 807. The summed E-state index contributed by atoms with van der Waals surface area (Å²) in [5, 5.41) is 13.8. The second kappa shape index (κ2) is 6.71. The first-order chi connectivity index (χ1) is 10.8. The Hall–Kier alpha value is -2.19. The van der Waals surface area contributed by atoms with Gasteiger partial charge in [0.25, 0.3) is 0 Å². The molecular formula is C14H11N3O3S2. The van der Waals surface area contributed by atoms with E-state index < -0.39 is 4.92 Å². The predicted octanol–water partition coefficient (Wildman–Crippen LogP) is 3.77. The molecular weight excluding hydrogens is 322 g/mol. The fraction of sp³-hybridized carbons (Fsp3) is 0.143. The van der Waals surface area contributed by atoms with Crippen LogP contribution in [0.25, 0.3) is 10.2 Å². The van der Waals surface area contributed by atoms with Crippen LogP contribution >= 0.6 is 23.1 Å². The van der Waals surface area contributed by atoms with Crippen molar-refractivity contribution in [1.29, 1.82) is 0 Å². The topological polar surface area (TPSA) is 78.2 Å². The quantitative estimate of drug-likeness (QED) is 0.225. The normalized spacial score (nSPS) is 10.7. The number of thiophene rings is 1. The maximum atomic E-state index is 10.9. The van der Waals surface area contributed by atoms with Crippen molar-refractivity contribution in [2.45, 2.75) is 5.03 Å². The first-order valence-corrected chi connectivity index (χ1v) is 8.29. The van der Waals surface area contributed by atoms with Crippen LogP contribution in [0.1, 0.15) is 0 Å². The van der Waals surface area contributed by atoms with Crippen LogP contribution in [-0.2, 0) is 0 Å². The van der Waals surface area contributed by atoms with Crippen molar-refractivity contribution in [3.05, 3.63) is 52.2 Å². The zero-order valence-electron chi connectivity index (χ0n) is 11.3. The molecule has 1 aromatic carbocycles. The highest BCUT2D eigenvalue weighted by Gasteiger charge is 2.13. The number of nitrogens with zero attached hydrogens (tertiary/aromatic N) is 3. The summed E-state index contributed by atoms with van der Waals surface area (Å²) < 4.78 is 6.57. The van der Waals surface area contributed by atoms with E-state index in [9.17, 15) is 10.1 Å². The van der Waals surface area contributed by atoms with Crippen LogP contribution in [0.3, 0.4) is 0 Å². The van der Waals surface area contributed by atoms with Gasteiger partial charge < -0.3 is 4.74 Å². The number of rotatable bonds is 6. The molecule has 112 valence electrons. The minimum atomic E-state index is -0.442. The summed E-state index contributed by atoms with van der Waals surface area (Å²) >= 11 is 3.15. The highest BCUT2D eigenvalue weighted by atomic mass is 32.2. The van der Waals surface area contributed by atoms with E-state index in [0.29, 0.717) is 12.4 Å². The summed E-state index contributed by atoms with van der Waals surface area (Å²) in [7, 11) is 0. The third-order valence-electron chi connectivity index (χ3n) is 2.85. The zero-order valence-corrected chi connectivity index (χ0v) is 13.0. The molecule has 8 heteroatoms. The Labute approximate surface area is 134 Å². The monoisotopic (exact) mass is 333 g/mol. The summed E-state index contributed by atoms with van der Waals surface area (Å²) in [4.78, 5) is 18.9. The van der Waals surface area contributed by atoms with Crippen LogP contribution < -0.4 is 4.74 Å². The van der Waals surface area contributed by atoms with Gasteiger partial charge in [-0.05, 0) is 17.5 Å². The Kier molecular flexibility index (Phi) is 4.50. The fourth-order valence-corrected chi connectivity index (χ4v) is 3.66. The lowest BCUT2D eigenvalue weighted by Gasteiger charge is -2.06. The van der Waals surface area contributed by atoms with Crippen LogP contribution in [-0.4, -0.2) is 27.3 Å². The summed E-state index contributed by atoms with van der Waals surface area (Å²) in [5.41, 5.74) is 0.914. The number of ether oxygens (including phenoxy) is 1. The molecule has 3 rings (SSSR count). The van der Waals surface area contributed by atoms with Gasteiger partial charge in [-0.15, -0.1) is 23.1 Å². The molecule has 2 heterocycles. The minimum absolute atomic E-state index is 0.0183. The SMILES string of the molecule is O=[N+]([O-])c1ccccc1OCCSc1ncnc2ccsc12. The van der Waals surface area contributed by atoms with Gasteiger partial charge in [-0.2, -0.15) is 0 Å². The molecule has 0 saturated heterocycles. The number of thioether (sulfide) groups is 1. The van der Waals surface area contributed by atoms with E-state index in [1.54, 1.807) is 47.6 Å². The van der Waals surface area contributed by atoms with Crippen molar-refractivity contribution in [3.8, 4) is 5.75 Å². The van der Waals surface area contributed by atoms with Gasteiger partial charge in [-0.3, -0.25) is 10.1 Å². The average molecular weight is 333 g/mol. The lowest BCUT2D eigenvalue weighted by molar-refractivity contribution is -0.385. The molecule has 0 spiro atoms. The van der Waals surface area contributed by atoms with Gasteiger partial charge in [0.05, 0.1) is 21.7 Å². The molecule has 22 heavy (non-hydrogen) atoms. The van der Waals surface area contributed by atoms with Crippen molar-refractivity contribution in [1.82, 2.24) is 9.97 Å². The molecule has 0 unspecified atom stereocenters. The van der Waals surface area contributed by atoms with Crippen molar-refractivity contribution in [3.63, 3.8) is 0 Å². The summed E-state index contributed by atoms with van der Waals surface area (Å²) in [6, 6.07) is 8.33. The van der Waals surface area contributed by atoms with Gasteiger partial charge in [0, 0.05) is 11.8 Å². The first kappa shape index (κ1) is 14.7. The van der Waals surface area contributed by atoms with E-state index in [4.69, 9.17) is 4.74 Å². The lowest BCUT2D eigenvalue weighted by Crippen LogP contribution is -2.02. The number of hydrogen-bond acceptors (Lipinski definition) is 7. The molecule has 0 N–H and O–H groups in total. The number of benzene rings is 1. The summed E-state index contributed by atoms with van der Waals surface area (Å²) in [6.07, 6.45) is 1.54. The van der Waals surface area contributed by atoms with Gasteiger partial charge in [0.1, 0.15) is 11.4 Å². The van der Waals surface area contributed by atoms with Crippen LogP contribution in [0.15, 0.2) is 47.1 Å². The van der Waals surface area contributed by atoms with Gasteiger partial charge >= 0.3 is 5.69 Å². The number of fused-ring (bicyclic) bond motifs is 1. The average Bonchev–Trinajstić information content (AvgIpc) is 3.01. The molecule has 0 atom stereocenters. The van der Waals surface area contributed by atoms with E-state index in [1.165, 1.54) is 6.07 Å². The number of nitro groups is 1. The van der Waals surface area contributed by atoms with E-state index >= 15 is 0 Å². The van der Waals surface area contributed by atoms with Gasteiger partial charge in [0.15, 0.2) is 5.75 Å². The Morgan fingerprint density at radius 1 is 1.27 bits per heavy atom. The zero-order chi connectivity index (χ0) is 15.4. The van der Waals surface area contributed by atoms with Crippen molar-refractivity contribution < 1.29 is 9.66 Å². The Morgan fingerprint density at radius 2 is 2.14 bits per heavy atom. The number of para-hydroxylation sites is 2. The number of nitro benzene ring substituents is 1. The highest BCUT2D eigenvalue weighted by Crippen LogP contribution is 2.29. The molecule has 0 saturated carbocycles. The maximum Gasteiger partial charge on any atom is 0.310 e. The van der Waals surface area contributed by atoms with Crippen molar-refractivity contribution in [2.75, 3.05) is 12.4 Å². The highest BCUT2D eigenvalue weighted by molar-refractivity contribution is 7.99. The molecule has 0 aliphatic carbocycles. The van der Waals surface area contributed by atoms with Gasteiger partial charge in [-0.25, -0.2) is 9.97 Å². The maximum absolute atomic E-state index is 10.9. The number of aromatic nitrogens is 2. The molecule has 2 aromatic heterocycles. The Morgan fingerprint density at radius 3 is 3.00 bits per heavy atom. The third kappa shape index (κ3) is 3.18. The lowest BCUT2D eigenvalue weighted by atomic mass is 10.3. The first-order valence-electron chi connectivity index (χ1n) is 6.43. The minimum Gasteiger partial charge on any atom is -0.486 e. The molecule has 0 fully saturated rings. The van der Waals surface area contributed by atoms with Gasteiger partial charge in [0.2, 0.25) is 0 Å². The van der Waals surface area contributed by atoms with Crippen molar-refractivity contribution in [2.24, 2.45) is 0 Å². The molecule has 0 bridgehead atoms. The van der Waals surface area contributed by atoms with Crippen LogP contribution in [0.2, 0.25) is 0 Å². The molecule has 0 amide bonds. The summed E-state index contributed by atoms with van der Waals surface area (Å²) in [6.45, 7) is 0.367. The summed E-state index contributed by atoms with van der Waals surface area (Å²) in [5.74, 6) is 0.938. The predicted molar refractivity (Wildman–Crippen MR) is 86.7 cm³/mol. The van der Waals surface area contributed by atoms with Crippen LogP contribution in [0.5, 0.6) is 5.75 Å². The molecule has 6 nitrogen and oxygen atoms in total. The largest absolute Gasteiger partial charge is 0.486 e. The number of hydrogen-bond donors (Lipinski definition) is 0. The Balaban J connectivity index is 1.60. The molecule has 3 aromatic rings. The smallest absolute Gasteiger partial charge is 0.310 e. The molecule has 0 aliphatic rings. The third-order valence-corrected chi connectivity index (χ3v) is 4.85. The van der Waals surface area contributed by atoms with Crippen molar-refractivity contribution >= 4 is 39.0 Å². The van der Waals surface area contributed by atoms with E-state index in [-0.39, 0.29) is 11.4 Å². The van der Waals surface area contributed by atoms with Crippen LogP contribution in [0.4, 0.5) is 5.69 Å². The standard InChI is InChI=1S/C14H11N3O3S2/c18-17(19)11-3-1-2-4-12(11)20-6-8-22-14-13-10(5-7-21-13)15-9-16-14/h1-5,7,9H,6,8H2. The van der Waals surface area contributed by atoms with E-state index in [2.05, 4.69) is 9.97 Å². The van der Waals surface area contributed by atoms with Gasteiger partial charge in [-0.1, -0.05) is 12.1 Å². The molecule has 0 aliphatic heterocycles. The van der Waals surface area contributed by atoms with Crippen LogP contribution in [0, 0.1) is 10.1 Å².